The molecule has 0 unspecified atom stereocenters. The summed E-state index contributed by atoms with van der Waals surface area (Å²) >= 11 is 0. The standard InChI is InChI=1S/C15H22N2O2/c1-18-5-3-11-7-15(11)12-6-14(9-16-8-12)19-10-13-2-4-17-13/h6,8-9,11,13,15,17H,2-5,7,10H2,1H3/t11-,13+,15-/m1/s1. The van der Waals surface area contributed by atoms with Gasteiger partial charge in [0.1, 0.15) is 12.4 Å². The quantitative estimate of drug-likeness (QED) is 0.816. The molecule has 0 aromatic carbocycles. The Hall–Kier alpha value is -1.13. The van der Waals surface area contributed by atoms with E-state index in [0.717, 1.165) is 37.8 Å². The first kappa shape index (κ1) is 12.9. The maximum Gasteiger partial charge on any atom is 0.137 e. The molecule has 1 saturated heterocycles. The molecule has 1 aliphatic heterocycles. The van der Waals surface area contributed by atoms with Gasteiger partial charge < -0.3 is 14.8 Å². The van der Waals surface area contributed by atoms with Crippen LogP contribution < -0.4 is 10.1 Å². The Morgan fingerprint density at radius 2 is 2.32 bits per heavy atom. The van der Waals surface area contributed by atoms with Crippen molar-refractivity contribution in [2.24, 2.45) is 5.92 Å². The lowest BCUT2D eigenvalue weighted by Gasteiger charge is -2.27. The van der Waals surface area contributed by atoms with Gasteiger partial charge in [-0.25, -0.2) is 0 Å². The first-order valence-electron chi connectivity index (χ1n) is 7.17. The lowest BCUT2D eigenvalue weighted by Crippen LogP contribution is -2.46. The van der Waals surface area contributed by atoms with Crippen LogP contribution in [0, 0.1) is 5.92 Å². The fourth-order valence-corrected chi connectivity index (χ4v) is 2.65. The van der Waals surface area contributed by atoms with E-state index in [1.165, 1.54) is 18.4 Å². The minimum Gasteiger partial charge on any atom is -0.490 e. The molecule has 3 atom stereocenters. The highest BCUT2D eigenvalue weighted by molar-refractivity contribution is 5.30. The summed E-state index contributed by atoms with van der Waals surface area (Å²) in [4.78, 5) is 4.31. The zero-order valence-corrected chi connectivity index (χ0v) is 11.5. The van der Waals surface area contributed by atoms with Crippen molar-refractivity contribution in [2.75, 3.05) is 26.9 Å². The van der Waals surface area contributed by atoms with Crippen LogP contribution in [0.4, 0.5) is 0 Å². The number of methoxy groups -OCH3 is 1. The number of nitrogens with one attached hydrogen (secondary N) is 1. The highest BCUT2D eigenvalue weighted by Gasteiger charge is 2.38. The van der Waals surface area contributed by atoms with Crippen molar-refractivity contribution in [2.45, 2.75) is 31.2 Å². The summed E-state index contributed by atoms with van der Waals surface area (Å²) in [7, 11) is 1.77. The molecule has 1 aliphatic carbocycles. The van der Waals surface area contributed by atoms with Gasteiger partial charge in [-0.15, -0.1) is 0 Å². The third-order valence-corrected chi connectivity index (χ3v) is 4.15. The molecular formula is C15H22N2O2. The normalized spacial score (nSPS) is 28.8. The molecule has 0 spiro atoms. The molecule has 2 fully saturated rings. The number of ether oxygens (including phenoxy) is 2. The predicted octanol–water partition coefficient (Wildman–Crippen LogP) is 1.96. The van der Waals surface area contributed by atoms with Gasteiger partial charge in [-0.3, -0.25) is 4.98 Å². The summed E-state index contributed by atoms with van der Waals surface area (Å²) in [5.41, 5.74) is 1.32. The van der Waals surface area contributed by atoms with Crippen LogP contribution in [-0.4, -0.2) is 37.9 Å². The molecule has 1 aromatic heterocycles. The second-order valence-corrected chi connectivity index (χ2v) is 5.59. The van der Waals surface area contributed by atoms with Gasteiger partial charge in [0.05, 0.1) is 6.20 Å². The fraction of sp³-hybridized carbons (Fsp3) is 0.667. The second kappa shape index (κ2) is 5.88. The molecule has 3 rings (SSSR count). The second-order valence-electron chi connectivity index (χ2n) is 5.59. The van der Waals surface area contributed by atoms with Crippen molar-refractivity contribution >= 4 is 0 Å². The van der Waals surface area contributed by atoms with Crippen molar-refractivity contribution < 1.29 is 9.47 Å². The summed E-state index contributed by atoms with van der Waals surface area (Å²) in [6.07, 6.45) is 7.42. The average Bonchev–Trinajstić information content (AvgIpc) is 3.14. The summed E-state index contributed by atoms with van der Waals surface area (Å²) in [6, 6.07) is 2.68. The third-order valence-electron chi connectivity index (χ3n) is 4.15. The predicted molar refractivity (Wildman–Crippen MR) is 73.5 cm³/mol. The molecule has 1 saturated carbocycles. The highest BCUT2D eigenvalue weighted by atomic mass is 16.5. The van der Waals surface area contributed by atoms with Crippen LogP contribution in [0.2, 0.25) is 0 Å². The summed E-state index contributed by atoms with van der Waals surface area (Å²) in [5.74, 6) is 2.34. The number of nitrogens with zero attached hydrogens (tertiary/aromatic N) is 1. The smallest absolute Gasteiger partial charge is 0.137 e. The summed E-state index contributed by atoms with van der Waals surface area (Å²) in [6.45, 7) is 2.73. The number of pyridine rings is 1. The maximum atomic E-state index is 5.80. The monoisotopic (exact) mass is 262 g/mol. The van der Waals surface area contributed by atoms with E-state index >= 15 is 0 Å². The molecule has 0 radical (unpaired) electrons. The zero-order chi connectivity index (χ0) is 13.1. The van der Waals surface area contributed by atoms with Gasteiger partial charge in [-0.1, -0.05) is 0 Å². The molecule has 2 heterocycles. The van der Waals surface area contributed by atoms with Crippen LogP contribution in [-0.2, 0) is 4.74 Å². The number of aromatic nitrogens is 1. The van der Waals surface area contributed by atoms with Gasteiger partial charge in [0.15, 0.2) is 0 Å². The molecule has 19 heavy (non-hydrogen) atoms. The van der Waals surface area contributed by atoms with E-state index in [1.807, 2.05) is 12.4 Å². The minimum absolute atomic E-state index is 0.527. The molecular weight excluding hydrogens is 240 g/mol. The Morgan fingerprint density at radius 1 is 1.42 bits per heavy atom. The molecule has 1 aromatic rings. The van der Waals surface area contributed by atoms with Crippen molar-refractivity contribution in [1.82, 2.24) is 10.3 Å². The van der Waals surface area contributed by atoms with Gasteiger partial charge in [-0.2, -0.15) is 0 Å². The lowest BCUT2D eigenvalue weighted by atomic mass is 10.1. The van der Waals surface area contributed by atoms with E-state index in [2.05, 4.69) is 16.4 Å². The van der Waals surface area contributed by atoms with Crippen LogP contribution in [0.3, 0.4) is 0 Å². The van der Waals surface area contributed by atoms with Crippen LogP contribution in [0.15, 0.2) is 18.5 Å². The Balaban J connectivity index is 1.51. The van der Waals surface area contributed by atoms with E-state index in [9.17, 15) is 0 Å². The molecule has 4 nitrogen and oxygen atoms in total. The topological polar surface area (TPSA) is 43.4 Å². The first-order chi connectivity index (χ1) is 9.36. The van der Waals surface area contributed by atoms with Crippen molar-refractivity contribution in [1.29, 1.82) is 0 Å². The van der Waals surface area contributed by atoms with Gasteiger partial charge in [0, 0.05) is 26.0 Å². The Bertz CT molecular complexity index is 420. The lowest BCUT2D eigenvalue weighted by molar-refractivity contribution is 0.189. The number of hydrogen-bond donors (Lipinski definition) is 1. The fourth-order valence-electron chi connectivity index (χ4n) is 2.65. The average molecular weight is 262 g/mol. The van der Waals surface area contributed by atoms with Crippen molar-refractivity contribution in [3.05, 3.63) is 24.0 Å². The van der Waals surface area contributed by atoms with Gasteiger partial charge in [-0.05, 0) is 49.3 Å². The van der Waals surface area contributed by atoms with E-state index in [-0.39, 0.29) is 0 Å². The van der Waals surface area contributed by atoms with E-state index in [0.29, 0.717) is 12.0 Å². The van der Waals surface area contributed by atoms with Crippen molar-refractivity contribution in [3.63, 3.8) is 0 Å². The molecule has 104 valence electrons. The summed E-state index contributed by atoms with van der Waals surface area (Å²) in [5, 5.41) is 3.34. The molecule has 4 heteroatoms. The molecule has 2 aliphatic rings. The maximum absolute atomic E-state index is 5.80. The Morgan fingerprint density at radius 3 is 3.05 bits per heavy atom. The largest absolute Gasteiger partial charge is 0.490 e. The van der Waals surface area contributed by atoms with Crippen LogP contribution in [0.1, 0.15) is 30.7 Å². The third kappa shape index (κ3) is 3.25. The Labute approximate surface area is 114 Å². The SMILES string of the molecule is COCC[C@@H]1C[C@H]1c1cncc(OC[C@@H]2CCN2)c1. The van der Waals surface area contributed by atoms with E-state index in [1.54, 1.807) is 7.11 Å². The molecule has 0 amide bonds. The van der Waals surface area contributed by atoms with Gasteiger partial charge in [0.2, 0.25) is 0 Å². The van der Waals surface area contributed by atoms with E-state index in [4.69, 9.17) is 9.47 Å². The number of rotatable bonds is 7. The van der Waals surface area contributed by atoms with E-state index < -0.39 is 0 Å². The number of hydrogen-bond acceptors (Lipinski definition) is 4. The summed E-state index contributed by atoms with van der Waals surface area (Å²) < 4.78 is 10.9. The van der Waals surface area contributed by atoms with Crippen molar-refractivity contribution in [3.8, 4) is 5.75 Å². The molecule has 0 bridgehead atoms. The van der Waals surface area contributed by atoms with Crippen LogP contribution in [0.5, 0.6) is 5.75 Å². The highest BCUT2D eigenvalue weighted by Crippen LogP contribution is 2.49. The van der Waals surface area contributed by atoms with Gasteiger partial charge in [0.25, 0.3) is 0 Å². The van der Waals surface area contributed by atoms with Gasteiger partial charge >= 0.3 is 0 Å². The first-order valence-corrected chi connectivity index (χ1v) is 7.17. The zero-order valence-electron chi connectivity index (χ0n) is 11.5. The molecule has 1 N–H and O–H groups in total. The van der Waals surface area contributed by atoms with Crippen LogP contribution >= 0.6 is 0 Å². The minimum atomic E-state index is 0.527. The van der Waals surface area contributed by atoms with Crippen LogP contribution in [0.25, 0.3) is 0 Å². The Kier molecular flexibility index (Phi) is 3.99.